The van der Waals surface area contributed by atoms with Crippen molar-refractivity contribution in [3.8, 4) is 0 Å². The number of nitrogens with zero attached hydrogens (tertiary/aromatic N) is 1. The lowest BCUT2D eigenvalue weighted by atomic mass is 9.93. The highest BCUT2D eigenvalue weighted by atomic mass is 19.1. The van der Waals surface area contributed by atoms with E-state index in [4.69, 9.17) is 5.11 Å². The lowest BCUT2D eigenvalue weighted by Crippen LogP contribution is -2.39. The zero-order valence-corrected chi connectivity index (χ0v) is 10.4. The molecule has 4 heteroatoms. The van der Waals surface area contributed by atoms with Crippen LogP contribution in [0, 0.1) is 11.2 Å². The number of carboxylic acids is 1. The van der Waals surface area contributed by atoms with Gasteiger partial charge in [0.2, 0.25) is 0 Å². The summed E-state index contributed by atoms with van der Waals surface area (Å²) in [5.74, 6) is -1.21. The molecule has 0 unspecified atom stereocenters. The standard InChI is InChI=1S/C13H18FNO2/c1-4-15(9-13(2,3)12(16)17)11-8-6-5-7-10(11)14/h5-8H,4,9H2,1-3H3,(H,16,17). The molecule has 17 heavy (non-hydrogen) atoms. The van der Waals surface area contributed by atoms with E-state index < -0.39 is 11.4 Å². The molecule has 94 valence electrons. The molecule has 0 aliphatic heterocycles. The molecule has 0 aliphatic carbocycles. The molecule has 1 aromatic rings. The molecule has 0 fully saturated rings. The van der Waals surface area contributed by atoms with Crippen molar-refractivity contribution in [2.45, 2.75) is 20.8 Å². The van der Waals surface area contributed by atoms with Crippen LogP contribution >= 0.6 is 0 Å². The Morgan fingerprint density at radius 1 is 1.41 bits per heavy atom. The molecule has 0 aromatic heterocycles. The second-order valence-corrected chi connectivity index (χ2v) is 4.65. The highest BCUT2D eigenvalue weighted by Gasteiger charge is 2.30. The fourth-order valence-corrected chi connectivity index (χ4v) is 1.62. The van der Waals surface area contributed by atoms with Gasteiger partial charge in [0.25, 0.3) is 0 Å². The third-order valence-corrected chi connectivity index (χ3v) is 2.74. The topological polar surface area (TPSA) is 40.5 Å². The third-order valence-electron chi connectivity index (χ3n) is 2.74. The molecule has 0 saturated heterocycles. The molecule has 1 rings (SSSR count). The normalized spacial score (nSPS) is 11.3. The van der Waals surface area contributed by atoms with E-state index >= 15 is 0 Å². The summed E-state index contributed by atoms with van der Waals surface area (Å²) in [4.78, 5) is 12.8. The van der Waals surface area contributed by atoms with Crippen LogP contribution in [0.2, 0.25) is 0 Å². The SMILES string of the molecule is CCN(CC(C)(C)C(=O)O)c1ccccc1F. The van der Waals surface area contributed by atoms with Gasteiger partial charge in [-0.1, -0.05) is 12.1 Å². The van der Waals surface area contributed by atoms with Gasteiger partial charge in [0, 0.05) is 13.1 Å². The average Bonchev–Trinajstić information content (AvgIpc) is 2.26. The van der Waals surface area contributed by atoms with Gasteiger partial charge < -0.3 is 10.0 Å². The molecule has 0 saturated carbocycles. The molecule has 1 N–H and O–H groups in total. The van der Waals surface area contributed by atoms with Crippen molar-refractivity contribution in [3.05, 3.63) is 30.1 Å². The van der Waals surface area contributed by atoms with Crippen molar-refractivity contribution >= 4 is 11.7 Å². The zero-order valence-electron chi connectivity index (χ0n) is 10.4. The third kappa shape index (κ3) is 3.19. The highest BCUT2D eigenvalue weighted by Crippen LogP contribution is 2.24. The summed E-state index contributed by atoms with van der Waals surface area (Å²) in [5, 5.41) is 9.08. The lowest BCUT2D eigenvalue weighted by molar-refractivity contribution is -0.146. The second kappa shape index (κ2) is 5.17. The summed E-state index contributed by atoms with van der Waals surface area (Å²) in [7, 11) is 0. The number of hydrogen-bond donors (Lipinski definition) is 1. The summed E-state index contributed by atoms with van der Waals surface area (Å²) in [6.07, 6.45) is 0. The maximum atomic E-state index is 13.6. The Kier molecular flexibility index (Phi) is 4.10. The smallest absolute Gasteiger partial charge is 0.310 e. The Bertz CT molecular complexity index is 404. The Balaban J connectivity index is 2.94. The molecule has 0 radical (unpaired) electrons. The van der Waals surface area contributed by atoms with Gasteiger partial charge in [0.1, 0.15) is 5.82 Å². The Hall–Kier alpha value is -1.58. The van der Waals surface area contributed by atoms with Crippen LogP contribution in [0.3, 0.4) is 0 Å². The molecule has 0 atom stereocenters. The molecule has 0 spiro atoms. The Morgan fingerprint density at radius 2 is 2.00 bits per heavy atom. The number of para-hydroxylation sites is 1. The number of halogens is 1. The molecule has 0 amide bonds. The minimum Gasteiger partial charge on any atom is -0.481 e. The summed E-state index contributed by atoms with van der Waals surface area (Å²) in [6, 6.07) is 6.41. The van der Waals surface area contributed by atoms with Crippen LogP contribution in [0.15, 0.2) is 24.3 Å². The van der Waals surface area contributed by atoms with E-state index in [1.807, 2.05) is 6.92 Å². The van der Waals surface area contributed by atoms with Crippen molar-refractivity contribution in [2.24, 2.45) is 5.41 Å². The maximum Gasteiger partial charge on any atom is 0.310 e. The quantitative estimate of drug-likeness (QED) is 0.859. The average molecular weight is 239 g/mol. The van der Waals surface area contributed by atoms with Crippen molar-refractivity contribution in [1.82, 2.24) is 0 Å². The Morgan fingerprint density at radius 3 is 2.47 bits per heavy atom. The lowest BCUT2D eigenvalue weighted by Gasteiger charge is -2.30. The van der Waals surface area contributed by atoms with Gasteiger partial charge in [-0.05, 0) is 32.9 Å². The number of aliphatic carboxylic acids is 1. The highest BCUT2D eigenvalue weighted by molar-refractivity contribution is 5.74. The molecule has 0 bridgehead atoms. The Labute approximate surface area is 101 Å². The van der Waals surface area contributed by atoms with Crippen LogP contribution in [0.5, 0.6) is 0 Å². The summed E-state index contributed by atoms with van der Waals surface area (Å²) < 4.78 is 13.6. The van der Waals surface area contributed by atoms with Gasteiger partial charge in [-0.15, -0.1) is 0 Å². The van der Waals surface area contributed by atoms with Crippen molar-refractivity contribution in [2.75, 3.05) is 18.0 Å². The van der Waals surface area contributed by atoms with E-state index in [1.54, 1.807) is 36.9 Å². The number of rotatable bonds is 5. The maximum absolute atomic E-state index is 13.6. The van der Waals surface area contributed by atoms with Gasteiger partial charge in [-0.3, -0.25) is 4.79 Å². The van der Waals surface area contributed by atoms with Gasteiger partial charge in [0.15, 0.2) is 0 Å². The van der Waals surface area contributed by atoms with Crippen LogP contribution in [0.25, 0.3) is 0 Å². The number of anilines is 1. The van der Waals surface area contributed by atoms with E-state index in [0.29, 0.717) is 12.2 Å². The van der Waals surface area contributed by atoms with Gasteiger partial charge in [-0.2, -0.15) is 0 Å². The van der Waals surface area contributed by atoms with E-state index in [-0.39, 0.29) is 12.4 Å². The van der Waals surface area contributed by atoms with Crippen molar-refractivity contribution in [3.63, 3.8) is 0 Å². The number of carbonyl (C=O) groups is 1. The molecular formula is C13H18FNO2. The van der Waals surface area contributed by atoms with Crippen LogP contribution < -0.4 is 4.90 Å². The van der Waals surface area contributed by atoms with Crippen molar-refractivity contribution in [1.29, 1.82) is 0 Å². The largest absolute Gasteiger partial charge is 0.481 e. The first kappa shape index (κ1) is 13.5. The molecule has 3 nitrogen and oxygen atoms in total. The fraction of sp³-hybridized carbons (Fsp3) is 0.462. The number of benzene rings is 1. The molecule has 0 aliphatic rings. The van der Waals surface area contributed by atoms with Crippen LogP contribution in [0.4, 0.5) is 10.1 Å². The van der Waals surface area contributed by atoms with Crippen molar-refractivity contribution < 1.29 is 14.3 Å². The second-order valence-electron chi connectivity index (χ2n) is 4.65. The first-order valence-electron chi connectivity index (χ1n) is 5.61. The predicted molar refractivity (Wildman–Crippen MR) is 65.7 cm³/mol. The molecule has 0 heterocycles. The first-order valence-corrected chi connectivity index (χ1v) is 5.61. The van der Waals surface area contributed by atoms with E-state index in [0.717, 1.165) is 0 Å². The summed E-state index contributed by atoms with van der Waals surface area (Å²) >= 11 is 0. The first-order chi connectivity index (χ1) is 7.88. The van der Waals surface area contributed by atoms with E-state index in [9.17, 15) is 9.18 Å². The number of hydrogen-bond acceptors (Lipinski definition) is 2. The fourth-order valence-electron chi connectivity index (χ4n) is 1.62. The van der Waals surface area contributed by atoms with Gasteiger partial charge >= 0.3 is 5.97 Å². The van der Waals surface area contributed by atoms with Gasteiger partial charge in [-0.25, -0.2) is 4.39 Å². The predicted octanol–water partition coefficient (Wildman–Crippen LogP) is 2.76. The van der Waals surface area contributed by atoms with E-state index in [2.05, 4.69) is 0 Å². The van der Waals surface area contributed by atoms with Crippen LogP contribution in [0.1, 0.15) is 20.8 Å². The van der Waals surface area contributed by atoms with Crippen LogP contribution in [-0.2, 0) is 4.79 Å². The molecule has 1 aromatic carbocycles. The number of carboxylic acid groups (broad SMARTS) is 1. The van der Waals surface area contributed by atoms with Gasteiger partial charge in [0.05, 0.1) is 11.1 Å². The minimum atomic E-state index is -0.904. The monoisotopic (exact) mass is 239 g/mol. The van der Waals surface area contributed by atoms with Crippen LogP contribution in [-0.4, -0.2) is 24.2 Å². The summed E-state index contributed by atoms with van der Waals surface area (Å²) in [5.41, 5.74) is -0.456. The minimum absolute atomic E-state index is 0.278. The summed E-state index contributed by atoms with van der Waals surface area (Å²) in [6.45, 7) is 6.00. The molecular weight excluding hydrogens is 221 g/mol. The van der Waals surface area contributed by atoms with E-state index in [1.165, 1.54) is 6.07 Å². The zero-order chi connectivity index (χ0) is 13.1.